The molecule has 0 bridgehead atoms. The van der Waals surface area contributed by atoms with Gasteiger partial charge in [0.1, 0.15) is 5.75 Å². The molecule has 1 amide bonds. The van der Waals surface area contributed by atoms with Crippen LogP contribution in [-0.4, -0.2) is 12.0 Å². The Balaban J connectivity index is 2.00. The summed E-state index contributed by atoms with van der Waals surface area (Å²) in [5, 5.41) is 3.66. The molecule has 122 valence electrons. The number of carbonyl (C=O) groups excluding carboxylic acids is 1. The summed E-state index contributed by atoms with van der Waals surface area (Å²) in [4.78, 5) is 12.3. The lowest BCUT2D eigenvalue weighted by molar-refractivity contribution is -0.128. The number of ether oxygens (including phenoxy) is 1. The fourth-order valence-electron chi connectivity index (χ4n) is 2.36. The van der Waals surface area contributed by atoms with Crippen LogP contribution in [0.1, 0.15) is 30.0 Å². The highest BCUT2D eigenvalue weighted by atomic mass is 35.5. The smallest absolute Gasteiger partial charge is 0.261 e. The van der Waals surface area contributed by atoms with Gasteiger partial charge >= 0.3 is 0 Å². The summed E-state index contributed by atoms with van der Waals surface area (Å²) in [7, 11) is 0. The van der Waals surface area contributed by atoms with Crippen molar-refractivity contribution in [1.82, 2.24) is 5.32 Å². The number of nitrogens with one attached hydrogen (secondary N) is 1. The van der Waals surface area contributed by atoms with Crippen molar-refractivity contribution in [3.8, 4) is 5.75 Å². The van der Waals surface area contributed by atoms with E-state index in [2.05, 4.69) is 5.32 Å². The third-order valence-electron chi connectivity index (χ3n) is 3.66. The zero-order chi connectivity index (χ0) is 16.8. The van der Waals surface area contributed by atoms with Crippen molar-refractivity contribution in [3.63, 3.8) is 0 Å². The molecule has 4 heteroatoms. The van der Waals surface area contributed by atoms with Gasteiger partial charge in [-0.05, 0) is 49.1 Å². The highest BCUT2D eigenvalue weighted by Gasteiger charge is 2.18. The monoisotopic (exact) mass is 331 g/mol. The van der Waals surface area contributed by atoms with Crippen molar-refractivity contribution in [2.45, 2.75) is 39.8 Å². The van der Waals surface area contributed by atoms with Gasteiger partial charge < -0.3 is 10.1 Å². The zero-order valence-electron chi connectivity index (χ0n) is 13.7. The molecule has 3 nitrogen and oxygen atoms in total. The molecule has 0 aliphatic rings. The molecule has 1 unspecified atom stereocenters. The number of hydrogen-bond donors (Lipinski definition) is 1. The minimum Gasteiger partial charge on any atom is -0.481 e. The Morgan fingerprint density at radius 1 is 1.17 bits per heavy atom. The van der Waals surface area contributed by atoms with Crippen LogP contribution in [0.4, 0.5) is 0 Å². The lowest BCUT2D eigenvalue weighted by atomic mass is 10.1. The van der Waals surface area contributed by atoms with E-state index < -0.39 is 6.10 Å². The molecular formula is C19H22ClNO2. The van der Waals surface area contributed by atoms with Gasteiger partial charge in [0.2, 0.25) is 0 Å². The van der Waals surface area contributed by atoms with Gasteiger partial charge in [-0.1, -0.05) is 48.9 Å². The Labute approximate surface area is 142 Å². The molecule has 0 radical (unpaired) electrons. The van der Waals surface area contributed by atoms with Gasteiger partial charge in [-0.2, -0.15) is 0 Å². The molecule has 0 aliphatic carbocycles. The van der Waals surface area contributed by atoms with Crippen molar-refractivity contribution in [2.75, 3.05) is 0 Å². The molecule has 0 aromatic heterocycles. The van der Waals surface area contributed by atoms with Crippen LogP contribution in [0.2, 0.25) is 5.02 Å². The normalized spacial score (nSPS) is 11.8. The van der Waals surface area contributed by atoms with Gasteiger partial charge in [-0.3, -0.25) is 4.79 Å². The Morgan fingerprint density at radius 2 is 1.78 bits per heavy atom. The number of hydrogen-bond acceptors (Lipinski definition) is 2. The second kappa shape index (κ2) is 8.02. The first-order valence-corrected chi connectivity index (χ1v) is 8.14. The van der Waals surface area contributed by atoms with E-state index in [1.54, 1.807) is 0 Å². The molecule has 0 saturated heterocycles. The van der Waals surface area contributed by atoms with Gasteiger partial charge in [-0.25, -0.2) is 0 Å². The van der Waals surface area contributed by atoms with E-state index in [-0.39, 0.29) is 5.91 Å². The second-order valence-electron chi connectivity index (χ2n) is 5.59. The summed E-state index contributed by atoms with van der Waals surface area (Å²) < 4.78 is 5.86. The van der Waals surface area contributed by atoms with E-state index in [1.807, 2.05) is 63.2 Å². The van der Waals surface area contributed by atoms with E-state index in [9.17, 15) is 4.79 Å². The summed E-state index contributed by atoms with van der Waals surface area (Å²) in [5.41, 5.74) is 2.95. The zero-order valence-corrected chi connectivity index (χ0v) is 14.5. The van der Waals surface area contributed by atoms with Gasteiger partial charge in [0.25, 0.3) is 5.91 Å². The third kappa shape index (κ3) is 4.73. The average molecular weight is 332 g/mol. The molecule has 2 rings (SSSR count). The summed E-state index contributed by atoms with van der Waals surface area (Å²) in [6.07, 6.45) is 0.0835. The fourth-order valence-corrected chi connectivity index (χ4v) is 2.47. The predicted octanol–water partition coefficient (Wildman–Crippen LogP) is 4.43. The molecule has 23 heavy (non-hydrogen) atoms. The van der Waals surface area contributed by atoms with Crippen LogP contribution in [0.3, 0.4) is 0 Å². The lowest BCUT2D eigenvalue weighted by Gasteiger charge is -2.18. The number of rotatable bonds is 6. The second-order valence-corrected chi connectivity index (χ2v) is 5.97. The van der Waals surface area contributed by atoms with Crippen molar-refractivity contribution in [1.29, 1.82) is 0 Å². The molecule has 1 atom stereocenters. The largest absolute Gasteiger partial charge is 0.481 e. The topological polar surface area (TPSA) is 38.3 Å². The predicted molar refractivity (Wildman–Crippen MR) is 93.9 cm³/mol. The van der Waals surface area contributed by atoms with Crippen LogP contribution in [-0.2, 0) is 11.3 Å². The minimum atomic E-state index is -0.515. The Bertz CT molecular complexity index is 647. The van der Waals surface area contributed by atoms with Crippen LogP contribution in [0.5, 0.6) is 5.75 Å². The van der Waals surface area contributed by atoms with Crippen LogP contribution in [0, 0.1) is 13.8 Å². The molecule has 0 aliphatic heterocycles. The van der Waals surface area contributed by atoms with Crippen molar-refractivity contribution >= 4 is 17.5 Å². The SMILES string of the molecule is CCC(Oc1cc(C)c(Cl)c(C)c1)C(=O)NCc1ccccc1. The van der Waals surface area contributed by atoms with Gasteiger partial charge in [0, 0.05) is 11.6 Å². The fraction of sp³-hybridized carbons (Fsp3) is 0.316. The first-order chi connectivity index (χ1) is 11.0. The number of carbonyl (C=O) groups is 1. The average Bonchev–Trinajstić information content (AvgIpc) is 2.56. The van der Waals surface area contributed by atoms with Crippen LogP contribution in [0.25, 0.3) is 0 Å². The lowest BCUT2D eigenvalue weighted by Crippen LogP contribution is -2.37. The van der Waals surface area contributed by atoms with Crippen LogP contribution in [0.15, 0.2) is 42.5 Å². The minimum absolute atomic E-state index is 0.110. The highest BCUT2D eigenvalue weighted by molar-refractivity contribution is 6.32. The summed E-state index contributed by atoms with van der Waals surface area (Å²) in [5.74, 6) is 0.563. The molecule has 1 N–H and O–H groups in total. The number of halogens is 1. The van der Waals surface area contributed by atoms with Gasteiger partial charge in [-0.15, -0.1) is 0 Å². The Hall–Kier alpha value is -2.00. The van der Waals surface area contributed by atoms with Gasteiger partial charge in [0.15, 0.2) is 6.10 Å². The molecule has 0 fully saturated rings. The van der Waals surface area contributed by atoms with E-state index in [1.165, 1.54) is 0 Å². The first-order valence-electron chi connectivity index (χ1n) is 7.76. The quantitative estimate of drug-likeness (QED) is 0.850. The maximum Gasteiger partial charge on any atom is 0.261 e. The molecule has 2 aromatic carbocycles. The summed E-state index contributed by atoms with van der Waals surface area (Å²) in [6.45, 7) is 6.29. The molecule has 2 aromatic rings. The molecule has 0 spiro atoms. The highest BCUT2D eigenvalue weighted by Crippen LogP contribution is 2.26. The Morgan fingerprint density at radius 3 is 2.35 bits per heavy atom. The molecule has 0 saturated carbocycles. The maximum absolute atomic E-state index is 12.3. The molecule has 0 heterocycles. The Kier molecular flexibility index (Phi) is 6.05. The van der Waals surface area contributed by atoms with Crippen molar-refractivity contribution in [3.05, 3.63) is 64.2 Å². The van der Waals surface area contributed by atoms with Crippen molar-refractivity contribution in [2.24, 2.45) is 0 Å². The van der Waals surface area contributed by atoms with Gasteiger partial charge in [0.05, 0.1) is 0 Å². The first kappa shape index (κ1) is 17.4. The molecular weight excluding hydrogens is 310 g/mol. The van der Waals surface area contributed by atoms with Crippen LogP contribution < -0.4 is 10.1 Å². The van der Waals surface area contributed by atoms with E-state index >= 15 is 0 Å². The standard InChI is InChI=1S/C19H22ClNO2/c1-4-17(19(22)21-12-15-8-6-5-7-9-15)23-16-10-13(2)18(20)14(3)11-16/h5-11,17H,4,12H2,1-3H3,(H,21,22). The summed E-state index contributed by atoms with van der Waals surface area (Å²) in [6, 6.07) is 13.5. The van der Waals surface area contributed by atoms with Crippen LogP contribution >= 0.6 is 11.6 Å². The van der Waals surface area contributed by atoms with Crippen molar-refractivity contribution < 1.29 is 9.53 Å². The number of aryl methyl sites for hydroxylation is 2. The van der Waals surface area contributed by atoms with E-state index in [4.69, 9.17) is 16.3 Å². The van der Waals surface area contributed by atoms with E-state index in [0.29, 0.717) is 18.7 Å². The van der Waals surface area contributed by atoms with E-state index in [0.717, 1.165) is 21.7 Å². The number of amides is 1. The summed E-state index contributed by atoms with van der Waals surface area (Å²) >= 11 is 6.17. The third-order valence-corrected chi connectivity index (χ3v) is 4.26. The number of benzene rings is 2. The maximum atomic E-state index is 12.3.